The quantitative estimate of drug-likeness (QED) is 0.765. The average Bonchev–Trinajstić information content (AvgIpc) is 2.68. The lowest BCUT2D eigenvalue weighted by molar-refractivity contribution is -0.181. The van der Waals surface area contributed by atoms with Crippen molar-refractivity contribution in [3.8, 4) is 17.2 Å². The van der Waals surface area contributed by atoms with Crippen LogP contribution in [0, 0.1) is 6.92 Å². The smallest absolute Gasteiger partial charge is 0.205 e. The first kappa shape index (κ1) is 18.8. The molecular weight excluding hydrogens is 356 g/mol. The van der Waals surface area contributed by atoms with Crippen LogP contribution >= 0.6 is 0 Å². The van der Waals surface area contributed by atoms with E-state index in [2.05, 4.69) is 6.58 Å². The van der Waals surface area contributed by atoms with Gasteiger partial charge < -0.3 is 23.7 Å². The maximum atomic E-state index is 6.33. The molecule has 1 aliphatic carbocycles. The van der Waals surface area contributed by atoms with E-state index in [4.69, 9.17) is 23.7 Å². The average molecular weight is 382 g/mol. The molecule has 1 heterocycles. The maximum Gasteiger partial charge on any atom is 0.205 e. The van der Waals surface area contributed by atoms with Crippen molar-refractivity contribution >= 4 is 5.57 Å². The minimum atomic E-state index is -0.734. The van der Waals surface area contributed by atoms with Crippen LogP contribution in [0.15, 0.2) is 24.8 Å². The number of methoxy groups -OCH3 is 3. The third-order valence-corrected chi connectivity index (χ3v) is 5.60. The fourth-order valence-electron chi connectivity index (χ4n) is 4.28. The van der Waals surface area contributed by atoms with Crippen LogP contribution in [-0.4, -0.2) is 27.1 Å². The molecule has 2 aliphatic rings. The molecule has 4 rings (SSSR count). The van der Waals surface area contributed by atoms with Gasteiger partial charge in [0.2, 0.25) is 5.79 Å². The highest BCUT2D eigenvalue weighted by molar-refractivity contribution is 5.91. The Labute approximate surface area is 165 Å². The van der Waals surface area contributed by atoms with Gasteiger partial charge in [0.15, 0.2) is 0 Å². The first-order valence-corrected chi connectivity index (χ1v) is 9.30. The van der Waals surface area contributed by atoms with Crippen LogP contribution in [0.2, 0.25) is 0 Å². The van der Waals surface area contributed by atoms with E-state index in [0.29, 0.717) is 6.61 Å². The van der Waals surface area contributed by atoms with Crippen molar-refractivity contribution in [1.82, 2.24) is 0 Å². The summed E-state index contributed by atoms with van der Waals surface area (Å²) in [7, 11) is 5.04. The second-order valence-electron chi connectivity index (χ2n) is 7.56. The number of benzene rings is 2. The van der Waals surface area contributed by atoms with Gasteiger partial charge in [0, 0.05) is 48.8 Å². The van der Waals surface area contributed by atoms with E-state index < -0.39 is 5.79 Å². The lowest BCUT2D eigenvalue weighted by Crippen LogP contribution is -2.37. The van der Waals surface area contributed by atoms with Gasteiger partial charge in [-0.1, -0.05) is 18.7 Å². The molecule has 0 amide bonds. The molecule has 1 aliphatic heterocycles. The molecule has 0 saturated heterocycles. The summed E-state index contributed by atoms with van der Waals surface area (Å²) in [5.74, 6) is 1.59. The third-order valence-electron chi connectivity index (χ3n) is 5.60. The number of hydrogen-bond acceptors (Lipinski definition) is 5. The number of ether oxygens (including phenoxy) is 5. The van der Waals surface area contributed by atoms with E-state index in [1.165, 1.54) is 0 Å². The van der Waals surface area contributed by atoms with Gasteiger partial charge in [0.1, 0.15) is 23.4 Å². The highest BCUT2D eigenvalue weighted by atomic mass is 16.7. The fourth-order valence-corrected chi connectivity index (χ4v) is 4.28. The van der Waals surface area contributed by atoms with Crippen LogP contribution in [0.1, 0.15) is 53.3 Å². The summed E-state index contributed by atoms with van der Waals surface area (Å²) in [6.45, 7) is 10.7. The van der Waals surface area contributed by atoms with Crippen molar-refractivity contribution in [3.05, 3.63) is 58.2 Å². The molecule has 0 unspecified atom stereocenters. The largest absolute Gasteiger partial charge is 0.496 e. The van der Waals surface area contributed by atoms with Gasteiger partial charge in [-0.3, -0.25) is 0 Å². The zero-order chi connectivity index (χ0) is 20.2. The van der Waals surface area contributed by atoms with Crippen molar-refractivity contribution in [2.45, 2.75) is 39.3 Å². The molecule has 0 N–H and O–H groups in total. The van der Waals surface area contributed by atoms with Crippen molar-refractivity contribution < 1.29 is 23.7 Å². The van der Waals surface area contributed by atoms with Gasteiger partial charge in [-0.25, -0.2) is 0 Å². The van der Waals surface area contributed by atoms with Crippen LogP contribution in [0.4, 0.5) is 0 Å². The number of fused-ring (bicyclic) bond motifs is 4. The molecule has 5 nitrogen and oxygen atoms in total. The van der Waals surface area contributed by atoms with Crippen LogP contribution in [0.3, 0.4) is 0 Å². The predicted octanol–water partition coefficient (Wildman–Crippen LogP) is 4.77. The SMILES string of the molecule is C=C1c2cccc(OC)c2[C@H](OC)c2c3c(c(C)c(OC)c21)COC(C)(C)O3. The summed E-state index contributed by atoms with van der Waals surface area (Å²) in [4.78, 5) is 0. The monoisotopic (exact) mass is 382 g/mol. The van der Waals surface area contributed by atoms with Crippen LogP contribution in [-0.2, 0) is 16.1 Å². The summed E-state index contributed by atoms with van der Waals surface area (Å²) < 4.78 is 29.7. The normalized spacial score (nSPS) is 19.2. The maximum absolute atomic E-state index is 6.33. The molecule has 5 heteroatoms. The molecule has 0 spiro atoms. The van der Waals surface area contributed by atoms with E-state index in [-0.39, 0.29) is 6.10 Å². The third kappa shape index (κ3) is 2.54. The van der Waals surface area contributed by atoms with E-state index in [1.807, 2.05) is 39.0 Å². The Morgan fingerprint density at radius 3 is 2.50 bits per heavy atom. The lowest BCUT2D eigenvalue weighted by Gasteiger charge is -2.39. The second kappa shape index (κ2) is 6.54. The van der Waals surface area contributed by atoms with Crippen molar-refractivity contribution in [2.24, 2.45) is 0 Å². The molecule has 0 radical (unpaired) electrons. The Morgan fingerprint density at radius 1 is 1.11 bits per heavy atom. The van der Waals surface area contributed by atoms with E-state index in [9.17, 15) is 0 Å². The molecular formula is C23H26O5. The second-order valence-corrected chi connectivity index (χ2v) is 7.56. The Morgan fingerprint density at radius 2 is 1.86 bits per heavy atom. The summed E-state index contributed by atoms with van der Waals surface area (Å²) in [6.07, 6.45) is -0.371. The Balaban J connectivity index is 2.10. The summed E-state index contributed by atoms with van der Waals surface area (Å²) in [5, 5.41) is 0. The van der Waals surface area contributed by atoms with Crippen LogP contribution < -0.4 is 14.2 Å². The van der Waals surface area contributed by atoms with Gasteiger partial charge in [0.05, 0.1) is 20.8 Å². The molecule has 28 heavy (non-hydrogen) atoms. The Hall–Kier alpha value is -2.50. The van der Waals surface area contributed by atoms with Crippen molar-refractivity contribution in [1.29, 1.82) is 0 Å². The highest BCUT2D eigenvalue weighted by Gasteiger charge is 2.41. The fraction of sp³-hybridized carbons (Fsp3) is 0.391. The molecule has 2 aromatic rings. The number of rotatable bonds is 3. The van der Waals surface area contributed by atoms with Gasteiger partial charge in [-0.15, -0.1) is 0 Å². The topological polar surface area (TPSA) is 46.2 Å². The number of hydrogen-bond donors (Lipinski definition) is 0. The van der Waals surface area contributed by atoms with Gasteiger partial charge in [0.25, 0.3) is 0 Å². The van der Waals surface area contributed by atoms with Crippen molar-refractivity contribution in [3.63, 3.8) is 0 Å². The molecule has 0 fully saturated rings. The van der Waals surface area contributed by atoms with Crippen molar-refractivity contribution in [2.75, 3.05) is 21.3 Å². The molecule has 0 saturated carbocycles. The van der Waals surface area contributed by atoms with Gasteiger partial charge >= 0.3 is 0 Å². The molecule has 2 aromatic carbocycles. The molecule has 148 valence electrons. The summed E-state index contributed by atoms with van der Waals surface area (Å²) >= 11 is 0. The lowest BCUT2D eigenvalue weighted by atomic mass is 9.77. The predicted molar refractivity (Wildman–Crippen MR) is 107 cm³/mol. The zero-order valence-electron chi connectivity index (χ0n) is 17.3. The van der Waals surface area contributed by atoms with Gasteiger partial charge in [-0.05, 0) is 24.1 Å². The van der Waals surface area contributed by atoms with E-state index in [0.717, 1.165) is 56.2 Å². The first-order chi connectivity index (χ1) is 13.3. The molecule has 0 bridgehead atoms. The minimum Gasteiger partial charge on any atom is -0.496 e. The van der Waals surface area contributed by atoms with Crippen LogP contribution in [0.25, 0.3) is 5.57 Å². The summed E-state index contributed by atoms with van der Waals surface area (Å²) in [5.41, 5.74) is 6.61. The standard InChI is InChI=1S/C23H26O5/c1-12-14-9-8-10-16(24-5)18(14)22(26-7)19-17(12)20(25-6)13(2)15-11-27-23(3,4)28-21(15)19/h8-10,22H,1,11H2,2-7H3/t22-/m0/s1. The minimum absolute atomic E-state index is 0.371. The Kier molecular flexibility index (Phi) is 4.40. The molecule has 0 aromatic heterocycles. The van der Waals surface area contributed by atoms with Crippen LogP contribution in [0.5, 0.6) is 17.2 Å². The summed E-state index contributed by atoms with van der Waals surface area (Å²) in [6, 6.07) is 5.94. The molecule has 1 atom stereocenters. The highest BCUT2D eigenvalue weighted by Crippen LogP contribution is 2.55. The Bertz CT molecular complexity index is 974. The zero-order valence-corrected chi connectivity index (χ0v) is 17.3. The first-order valence-electron chi connectivity index (χ1n) is 9.30. The van der Waals surface area contributed by atoms with E-state index >= 15 is 0 Å². The van der Waals surface area contributed by atoms with E-state index in [1.54, 1.807) is 21.3 Å². The van der Waals surface area contributed by atoms with Gasteiger partial charge in [-0.2, -0.15) is 0 Å².